The molecule has 3 atom stereocenters. The van der Waals surface area contributed by atoms with Crippen molar-refractivity contribution in [2.75, 3.05) is 0 Å². The zero-order chi connectivity index (χ0) is 15.4. The Morgan fingerprint density at radius 3 is 2.86 bits per heavy atom. The summed E-state index contributed by atoms with van der Waals surface area (Å²) < 4.78 is 0. The summed E-state index contributed by atoms with van der Waals surface area (Å²) in [5.41, 5.74) is 1.97. The summed E-state index contributed by atoms with van der Waals surface area (Å²) in [6.45, 7) is 4.16. The predicted octanol–water partition coefficient (Wildman–Crippen LogP) is 2.00. The number of nitrogens with one attached hydrogen (secondary N) is 1. The van der Waals surface area contributed by atoms with Gasteiger partial charge in [0.1, 0.15) is 0 Å². The minimum atomic E-state index is -0.909. The summed E-state index contributed by atoms with van der Waals surface area (Å²) in [5.74, 6) is -2.43. The maximum absolute atomic E-state index is 12.4. The number of nitrogens with zero attached hydrogens (tertiary/aromatic N) is 1. The zero-order valence-corrected chi connectivity index (χ0v) is 12.2. The van der Waals surface area contributed by atoms with Crippen molar-refractivity contribution in [2.45, 2.75) is 26.8 Å². The van der Waals surface area contributed by atoms with Crippen molar-refractivity contribution >= 4 is 11.9 Å². The van der Waals surface area contributed by atoms with Gasteiger partial charge in [0.2, 0.25) is 5.91 Å². The first kappa shape index (κ1) is 15.2. The summed E-state index contributed by atoms with van der Waals surface area (Å²) in [7, 11) is 0. The molecule has 1 amide bonds. The second kappa shape index (κ2) is 6.52. The number of aliphatic carboxylic acids is 1. The van der Waals surface area contributed by atoms with Gasteiger partial charge in [-0.2, -0.15) is 0 Å². The third-order valence-electron chi connectivity index (χ3n) is 3.90. The van der Waals surface area contributed by atoms with Crippen LogP contribution in [0.25, 0.3) is 0 Å². The highest BCUT2D eigenvalue weighted by Gasteiger charge is 2.39. The van der Waals surface area contributed by atoms with E-state index in [2.05, 4.69) is 10.3 Å². The Hall–Kier alpha value is -2.17. The molecule has 0 saturated carbocycles. The number of rotatable bonds is 4. The van der Waals surface area contributed by atoms with Crippen molar-refractivity contribution in [2.24, 2.45) is 17.8 Å². The van der Waals surface area contributed by atoms with Crippen molar-refractivity contribution < 1.29 is 14.7 Å². The predicted molar refractivity (Wildman–Crippen MR) is 78.2 cm³/mol. The van der Waals surface area contributed by atoms with Crippen LogP contribution in [-0.4, -0.2) is 22.0 Å². The van der Waals surface area contributed by atoms with Gasteiger partial charge in [-0.15, -0.1) is 0 Å². The van der Waals surface area contributed by atoms with Crippen LogP contribution in [0.5, 0.6) is 0 Å². The molecule has 1 aliphatic rings. The molecule has 1 heterocycles. The molecule has 5 nitrogen and oxygen atoms in total. The van der Waals surface area contributed by atoms with Gasteiger partial charge in [-0.3, -0.25) is 14.6 Å². The Morgan fingerprint density at radius 1 is 1.48 bits per heavy atom. The lowest BCUT2D eigenvalue weighted by atomic mass is 9.73. The van der Waals surface area contributed by atoms with Crippen molar-refractivity contribution in [3.05, 3.63) is 41.7 Å². The van der Waals surface area contributed by atoms with E-state index < -0.39 is 17.8 Å². The van der Waals surface area contributed by atoms with E-state index in [1.54, 1.807) is 18.5 Å². The summed E-state index contributed by atoms with van der Waals surface area (Å²) in [6, 6.07) is 3.67. The molecule has 2 N–H and O–H groups in total. The highest BCUT2D eigenvalue weighted by Crippen LogP contribution is 2.34. The number of hydrogen-bond donors (Lipinski definition) is 2. The van der Waals surface area contributed by atoms with Gasteiger partial charge in [-0.05, 0) is 30.9 Å². The molecule has 1 aromatic heterocycles. The number of carbonyl (C=O) groups is 2. The SMILES string of the molecule is CC1=C[C@@H](C)[C@@H](C(=O)O)[C@H](C(=O)NCc2cccnc2)C1. The maximum Gasteiger partial charge on any atom is 0.307 e. The highest BCUT2D eigenvalue weighted by atomic mass is 16.4. The van der Waals surface area contributed by atoms with Crippen LogP contribution in [-0.2, 0) is 16.1 Å². The van der Waals surface area contributed by atoms with Gasteiger partial charge in [0.05, 0.1) is 11.8 Å². The molecule has 0 aromatic carbocycles. The minimum Gasteiger partial charge on any atom is -0.481 e. The maximum atomic E-state index is 12.4. The van der Waals surface area contributed by atoms with Gasteiger partial charge in [0, 0.05) is 18.9 Å². The van der Waals surface area contributed by atoms with Gasteiger partial charge in [0.15, 0.2) is 0 Å². The number of carbonyl (C=O) groups excluding carboxylic acids is 1. The number of carboxylic acids is 1. The average Bonchev–Trinajstić information content (AvgIpc) is 2.44. The molecule has 0 bridgehead atoms. The lowest BCUT2D eigenvalue weighted by Crippen LogP contribution is -2.42. The molecular formula is C16H20N2O3. The number of carboxylic acid groups (broad SMARTS) is 1. The Balaban J connectivity index is 2.06. The Kier molecular flexibility index (Phi) is 4.73. The number of pyridine rings is 1. The van der Waals surface area contributed by atoms with Crippen molar-refractivity contribution in [3.63, 3.8) is 0 Å². The molecule has 5 heteroatoms. The molecule has 1 aliphatic carbocycles. The Labute approximate surface area is 124 Å². The van der Waals surface area contributed by atoms with E-state index in [1.807, 2.05) is 26.0 Å². The molecule has 0 saturated heterocycles. The molecule has 21 heavy (non-hydrogen) atoms. The molecule has 1 aromatic rings. The van der Waals surface area contributed by atoms with E-state index in [0.29, 0.717) is 13.0 Å². The van der Waals surface area contributed by atoms with Crippen LogP contribution in [0.4, 0.5) is 0 Å². The van der Waals surface area contributed by atoms with Crippen LogP contribution in [0.2, 0.25) is 0 Å². The topological polar surface area (TPSA) is 79.3 Å². The van der Waals surface area contributed by atoms with Crippen molar-refractivity contribution in [3.8, 4) is 0 Å². The fourth-order valence-electron chi connectivity index (χ4n) is 2.94. The Bertz CT molecular complexity index is 554. The molecule has 0 fully saturated rings. The molecule has 112 valence electrons. The van der Waals surface area contributed by atoms with Gasteiger partial charge < -0.3 is 10.4 Å². The van der Waals surface area contributed by atoms with E-state index >= 15 is 0 Å². The van der Waals surface area contributed by atoms with E-state index in [4.69, 9.17) is 0 Å². The minimum absolute atomic E-state index is 0.134. The first-order chi connectivity index (χ1) is 9.99. The fraction of sp³-hybridized carbons (Fsp3) is 0.438. The van der Waals surface area contributed by atoms with Crippen LogP contribution in [0.15, 0.2) is 36.2 Å². The van der Waals surface area contributed by atoms with E-state index in [-0.39, 0.29) is 11.8 Å². The number of aromatic nitrogens is 1. The first-order valence-electron chi connectivity index (χ1n) is 7.05. The molecule has 0 aliphatic heterocycles. The number of amides is 1. The molecule has 0 unspecified atom stereocenters. The lowest BCUT2D eigenvalue weighted by molar-refractivity contribution is -0.149. The smallest absolute Gasteiger partial charge is 0.307 e. The van der Waals surface area contributed by atoms with E-state index in [1.165, 1.54) is 0 Å². The molecule has 0 radical (unpaired) electrons. The van der Waals surface area contributed by atoms with Crippen LogP contribution in [0.1, 0.15) is 25.8 Å². The van der Waals surface area contributed by atoms with Crippen LogP contribution >= 0.6 is 0 Å². The second-order valence-electron chi connectivity index (χ2n) is 5.63. The number of allylic oxidation sites excluding steroid dienone is 2. The van der Waals surface area contributed by atoms with Crippen molar-refractivity contribution in [1.29, 1.82) is 0 Å². The quantitative estimate of drug-likeness (QED) is 0.831. The highest BCUT2D eigenvalue weighted by molar-refractivity contribution is 5.85. The standard InChI is InChI=1S/C16H20N2O3/c1-10-6-11(2)14(16(20)21)13(7-10)15(19)18-9-12-4-3-5-17-8-12/h3-6,8,11,13-14H,7,9H2,1-2H3,(H,18,19)(H,20,21)/t11-,13-,14-/m1/s1. The van der Waals surface area contributed by atoms with Crippen LogP contribution < -0.4 is 5.32 Å². The lowest BCUT2D eigenvalue weighted by Gasteiger charge is -2.31. The molecule has 2 rings (SSSR count). The second-order valence-corrected chi connectivity index (χ2v) is 5.63. The summed E-state index contributed by atoms with van der Waals surface area (Å²) in [6.07, 6.45) is 5.80. The average molecular weight is 288 g/mol. The van der Waals surface area contributed by atoms with Gasteiger partial charge >= 0.3 is 5.97 Å². The van der Waals surface area contributed by atoms with Crippen LogP contribution in [0, 0.1) is 17.8 Å². The normalized spacial score (nSPS) is 25.0. The van der Waals surface area contributed by atoms with E-state index in [9.17, 15) is 14.7 Å². The zero-order valence-electron chi connectivity index (χ0n) is 12.2. The molecular weight excluding hydrogens is 268 g/mol. The summed E-state index contributed by atoms with van der Waals surface area (Å²) in [5, 5.41) is 12.2. The summed E-state index contributed by atoms with van der Waals surface area (Å²) >= 11 is 0. The Morgan fingerprint density at radius 2 is 2.24 bits per heavy atom. The van der Waals surface area contributed by atoms with Gasteiger partial charge in [0.25, 0.3) is 0 Å². The third kappa shape index (κ3) is 3.68. The fourth-order valence-corrected chi connectivity index (χ4v) is 2.94. The molecule has 0 spiro atoms. The third-order valence-corrected chi connectivity index (χ3v) is 3.90. The monoisotopic (exact) mass is 288 g/mol. The number of hydrogen-bond acceptors (Lipinski definition) is 3. The van der Waals surface area contributed by atoms with Crippen LogP contribution in [0.3, 0.4) is 0 Å². The van der Waals surface area contributed by atoms with Crippen molar-refractivity contribution in [1.82, 2.24) is 10.3 Å². The van der Waals surface area contributed by atoms with E-state index in [0.717, 1.165) is 11.1 Å². The van der Waals surface area contributed by atoms with Gasteiger partial charge in [-0.1, -0.05) is 24.6 Å². The van der Waals surface area contributed by atoms with Gasteiger partial charge in [-0.25, -0.2) is 0 Å². The largest absolute Gasteiger partial charge is 0.481 e. The first-order valence-corrected chi connectivity index (χ1v) is 7.05. The summed E-state index contributed by atoms with van der Waals surface area (Å²) in [4.78, 5) is 27.8.